The smallest absolute Gasteiger partial charge is 0.256 e. The second-order valence-corrected chi connectivity index (χ2v) is 10.9. The molecule has 0 bridgehead atoms. The molecule has 0 aromatic heterocycles. The molecule has 4 aromatic rings. The van der Waals surface area contributed by atoms with Crippen LogP contribution in [0.25, 0.3) is 0 Å². The third-order valence-electron chi connectivity index (χ3n) is 9.00. The van der Waals surface area contributed by atoms with Crippen LogP contribution in [0.2, 0.25) is 0 Å². The molecule has 162 valence electrons. The summed E-state index contributed by atoms with van der Waals surface area (Å²) in [6.07, 6.45) is 7.19. The molecule has 0 spiro atoms. The van der Waals surface area contributed by atoms with Crippen LogP contribution in [0.15, 0.2) is 54.6 Å². The Morgan fingerprint density at radius 1 is 0.618 bits per heavy atom. The molecule has 0 amide bonds. The number of aryl methyl sites for hydroxylation is 7. The Labute approximate surface area is 200 Å². The van der Waals surface area contributed by atoms with Crippen molar-refractivity contribution in [3.63, 3.8) is 0 Å². The molecule has 9 rings (SSSR count). The van der Waals surface area contributed by atoms with Crippen molar-refractivity contribution in [1.29, 1.82) is 0 Å². The SMILES string of the molecule is Cc1cc2c3c(c1)N(c1ccc4c(c1)CC4)c1cc4c(cc1B3c1cc3c(cc1O2)CC3)CC4. The highest BCUT2D eigenvalue weighted by Gasteiger charge is 2.43. The largest absolute Gasteiger partial charge is 0.458 e. The summed E-state index contributed by atoms with van der Waals surface area (Å²) in [5.41, 5.74) is 18.4. The first-order valence-corrected chi connectivity index (χ1v) is 12.8. The number of benzene rings is 4. The van der Waals surface area contributed by atoms with E-state index in [9.17, 15) is 0 Å². The molecular formula is C31H24BNO. The van der Waals surface area contributed by atoms with Crippen molar-refractivity contribution in [3.8, 4) is 11.5 Å². The van der Waals surface area contributed by atoms with Crippen molar-refractivity contribution in [2.75, 3.05) is 4.90 Å². The fraction of sp³-hybridized carbons (Fsp3) is 0.226. The normalized spacial score (nSPS) is 17.0. The maximum atomic E-state index is 6.67. The molecule has 0 fully saturated rings. The number of nitrogens with zero attached hydrogens (tertiary/aromatic N) is 1. The van der Waals surface area contributed by atoms with E-state index in [4.69, 9.17) is 4.74 Å². The zero-order chi connectivity index (χ0) is 22.1. The van der Waals surface area contributed by atoms with Crippen LogP contribution in [-0.4, -0.2) is 6.71 Å². The maximum absolute atomic E-state index is 6.67. The van der Waals surface area contributed by atoms with Crippen LogP contribution >= 0.6 is 0 Å². The van der Waals surface area contributed by atoms with Gasteiger partial charge in [-0.15, -0.1) is 0 Å². The summed E-state index contributed by atoms with van der Waals surface area (Å²) in [5.74, 6) is 2.10. The summed E-state index contributed by atoms with van der Waals surface area (Å²) in [6.45, 7) is 2.44. The molecule has 0 unspecified atom stereocenters. The van der Waals surface area contributed by atoms with Gasteiger partial charge in [0.15, 0.2) is 0 Å². The van der Waals surface area contributed by atoms with Crippen LogP contribution < -0.4 is 26.0 Å². The van der Waals surface area contributed by atoms with Gasteiger partial charge in [-0.1, -0.05) is 18.2 Å². The first-order valence-electron chi connectivity index (χ1n) is 12.8. The second-order valence-electron chi connectivity index (χ2n) is 10.9. The van der Waals surface area contributed by atoms with Crippen molar-refractivity contribution in [3.05, 3.63) is 93.5 Å². The van der Waals surface area contributed by atoms with E-state index in [1.54, 1.807) is 0 Å². The molecule has 0 saturated carbocycles. The molecule has 0 radical (unpaired) electrons. The van der Waals surface area contributed by atoms with Gasteiger partial charge in [0.1, 0.15) is 11.5 Å². The van der Waals surface area contributed by atoms with Gasteiger partial charge in [0.25, 0.3) is 6.71 Å². The van der Waals surface area contributed by atoms with Gasteiger partial charge in [-0.2, -0.15) is 0 Å². The molecule has 2 heterocycles. The van der Waals surface area contributed by atoms with Crippen LogP contribution in [-0.2, 0) is 38.5 Å². The Morgan fingerprint density at radius 2 is 1.29 bits per heavy atom. The summed E-state index contributed by atoms with van der Waals surface area (Å²) in [4.78, 5) is 2.53. The zero-order valence-electron chi connectivity index (χ0n) is 19.4. The minimum atomic E-state index is 0.240. The molecule has 5 aliphatic rings. The quantitative estimate of drug-likeness (QED) is 0.346. The molecule has 3 aliphatic carbocycles. The molecule has 0 saturated heterocycles. The standard InChI is InChI=1S/C31H24BNO/c1-17-10-28-31-30(11-17)34-29-16-23-7-5-21(23)14-26(29)32(31)25-13-20-4-6-22(20)15-27(25)33(28)24-9-8-18-2-3-19(18)12-24/h8-16H,2-7H2,1H3. The summed E-state index contributed by atoms with van der Waals surface area (Å²) < 4.78 is 6.67. The van der Waals surface area contributed by atoms with Gasteiger partial charge >= 0.3 is 0 Å². The van der Waals surface area contributed by atoms with E-state index in [-0.39, 0.29) is 6.71 Å². The summed E-state index contributed by atoms with van der Waals surface area (Å²) in [6, 6.07) is 21.5. The molecule has 4 aromatic carbocycles. The van der Waals surface area contributed by atoms with E-state index in [1.807, 2.05) is 0 Å². The van der Waals surface area contributed by atoms with Gasteiger partial charge in [-0.25, -0.2) is 0 Å². The fourth-order valence-electron chi connectivity index (χ4n) is 6.87. The van der Waals surface area contributed by atoms with Crippen molar-refractivity contribution in [1.82, 2.24) is 0 Å². The molecule has 0 atom stereocenters. The van der Waals surface area contributed by atoms with Crippen molar-refractivity contribution >= 4 is 40.2 Å². The first kappa shape index (κ1) is 17.9. The average molecular weight is 437 g/mol. The average Bonchev–Trinajstić information content (AvgIpc) is 2.77. The lowest BCUT2D eigenvalue weighted by atomic mass is 9.33. The van der Waals surface area contributed by atoms with Crippen LogP contribution in [0, 0.1) is 6.92 Å². The van der Waals surface area contributed by atoms with Crippen LogP contribution in [0.4, 0.5) is 17.1 Å². The van der Waals surface area contributed by atoms with Crippen molar-refractivity contribution < 1.29 is 4.74 Å². The molecule has 2 aliphatic heterocycles. The predicted molar refractivity (Wildman–Crippen MR) is 139 cm³/mol. The van der Waals surface area contributed by atoms with Crippen LogP contribution in [0.3, 0.4) is 0 Å². The van der Waals surface area contributed by atoms with E-state index in [1.165, 1.54) is 111 Å². The monoisotopic (exact) mass is 437 g/mol. The zero-order valence-corrected chi connectivity index (χ0v) is 19.4. The number of hydrogen-bond acceptors (Lipinski definition) is 2. The van der Waals surface area contributed by atoms with Crippen LogP contribution in [0.1, 0.15) is 38.9 Å². The highest BCUT2D eigenvalue weighted by Crippen LogP contribution is 2.44. The van der Waals surface area contributed by atoms with E-state index >= 15 is 0 Å². The lowest BCUT2D eigenvalue weighted by Gasteiger charge is -2.42. The van der Waals surface area contributed by atoms with Crippen LogP contribution in [0.5, 0.6) is 11.5 Å². The van der Waals surface area contributed by atoms with Gasteiger partial charge in [0, 0.05) is 17.1 Å². The summed E-state index contributed by atoms with van der Waals surface area (Å²) >= 11 is 0. The molecule has 34 heavy (non-hydrogen) atoms. The second kappa shape index (κ2) is 5.96. The van der Waals surface area contributed by atoms with E-state index in [0.717, 1.165) is 11.5 Å². The molecule has 2 nitrogen and oxygen atoms in total. The van der Waals surface area contributed by atoms with E-state index in [0.29, 0.717) is 0 Å². The topological polar surface area (TPSA) is 12.5 Å². The summed E-state index contributed by atoms with van der Waals surface area (Å²) in [5, 5.41) is 0. The summed E-state index contributed by atoms with van der Waals surface area (Å²) in [7, 11) is 0. The predicted octanol–water partition coefficient (Wildman–Crippen LogP) is 4.70. The third-order valence-corrected chi connectivity index (χ3v) is 9.00. The Morgan fingerprint density at radius 3 is 2.03 bits per heavy atom. The van der Waals surface area contributed by atoms with Gasteiger partial charge in [0.2, 0.25) is 0 Å². The minimum absolute atomic E-state index is 0.240. The molecular weight excluding hydrogens is 413 g/mol. The number of fused-ring (bicyclic) bond motifs is 7. The van der Waals surface area contributed by atoms with E-state index in [2.05, 4.69) is 66.4 Å². The maximum Gasteiger partial charge on any atom is 0.256 e. The van der Waals surface area contributed by atoms with E-state index < -0.39 is 0 Å². The van der Waals surface area contributed by atoms with Gasteiger partial charge in [-0.05, 0) is 137 Å². The first-order chi connectivity index (χ1) is 16.7. The number of hydrogen-bond donors (Lipinski definition) is 0. The highest BCUT2D eigenvalue weighted by atomic mass is 16.5. The van der Waals surface area contributed by atoms with Crippen molar-refractivity contribution in [2.45, 2.75) is 45.4 Å². The lowest BCUT2D eigenvalue weighted by Crippen LogP contribution is -2.60. The fourth-order valence-corrected chi connectivity index (χ4v) is 6.87. The Hall–Kier alpha value is -3.46. The Balaban J connectivity index is 1.37. The Bertz CT molecular complexity index is 1620. The minimum Gasteiger partial charge on any atom is -0.458 e. The van der Waals surface area contributed by atoms with Crippen molar-refractivity contribution in [2.24, 2.45) is 0 Å². The van der Waals surface area contributed by atoms with Gasteiger partial charge in [0.05, 0.1) is 0 Å². The third kappa shape index (κ3) is 2.14. The number of anilines is 3. The number of rotatable bonds is 1. The Kier molecular flexibility index (Phi) is 3.15. The molecule has 3 heteroatoms. The van der Waals surface area contributed by atoms with Gasteiger partial charge in [-0.3, -0.25) is 0 Å². The highest BCUT2D eigenvalue weighted by molar-refractivity contribution is 6.99. The molecule has 0 N–H and O–H groups in total. The number of ether oxygens (including phenoxy) is 1. The van der Waals surface area contributed by atoms with Gasteiger partial charge < -0.3 is 9.64 Å². The lowest BCUT2D eigenvalue weighted by molar-refractivity contribution is 0.485.